The number of hydrogen-bond acceptors (Lipinski definition) is 8. The number of fused-ring (bicyclic) bond motifs is 1. The van der Waals surface area contributed by atoms with Gasteiger partial charge in [-0.25, -0.2) is 0 Å². The summed E-state index contributed by atoms with van der Waals surface area (Å²) in [5.41, 5.74) is 0.929. The number of aliphatic hydroxyl groups is 2. The molecule has 1 fully saturated rings. The minimum absolute atomic E-state index is 0.151. The molecule has 0 spiro atoms. The van der Waals surface area contributed by atoms with Gasteiger partial charge in [-0.3, -0.25) is 9.69 Å². The van der Waals surface area contributed by atoms with Crippen LogP contribution in [0.2, 0.25) is 0 Å². The van der Waals surface area contributed by atoms with E-state index in [1.807, 2.05) is 0 Å². The number of nitrogens with one attached hydrogen (secondary N) is 3. The molecule has 0 aliphatic carbocycles. The molecule has 6 N–H and O–H groups in total. The average molecular weight is 434 g/mol. The second-order valence-electron chi connectivity index (χ2n) is 8.71. The quantitative estimate of drug-likeness (QED) is 0.169. The van der Waals surface area contributed by atoms with Crippen LogP contribution in [-0.2, 0) is 11.2 Å². The SMILES string of the molecule is CC(C)NCCNC1CCN(CC(=O)N[C@H]2Cc3cccc(C(O)O)c3OB2O)CC1. The molecule has 0 saturated carbocycles. The number of carbonyl (C=O) groups excluding carboxylic acids is 1. The summed E-state index contributed by atoms with van der Waals surface area (Å²) in [6.45, 7) is 8.16. The zero-order chi connectivity index (χ0) is 22.4. The smallest absolute Gasteiger partial charge is 0.534 e. The minimum Gasteiger partial charge on any atom is -0.534 e. The number of para-hydroxylation sites is 1. The van der Waals surface area contributed by atoms with Crippen molar-refractivity contribution < 1.29 is 24.7 Å². The van der Waals surface area contributed by atoms with E-state index in [0.29, 0.717) is 18.5 Å². The fourth-order valence-corrected chi connectivity index (χ4v) is 4.16. The van der Waals surface area contributed by atoms with Crippen molar-refractivity contribution in [2.75, 3.05) is 32.7 Å². The molecule has 0 radical (unpaired) electrons. The normalized spacial score (nSPS) is 20.1. The summed E-state index contributed by atoms with van der Waals surface area (Å²) in [5, 5.41) is 39.1. The Morgan fingerprint density at radius 2 is 2.00 bits per heavy atom. The van der Waals surface area contributed by atoms with Crippen molar-refractivity contribution in [3.63, 3.8) is 0 Å². The van der Waals surface area contributed by atoms with Crippen LogP contribution in [0.4, 0.5) is 0 Å². The van der Waals surface area contributed by atoms with E-state index in [2.05, 4.69) is 34.7 Å². The maximum atomic E-state index is 12.5. The van der Waals surface area contributed by atoms with E-state index >= 15 is 0 Å². The predicted octanol–water partition coefficient (Wildman–Crippen LogP) is -0.839. The van der Waals surface area contributed by atoms with E-state index < -0.39 is 19.3 Å². The molecule has 1 amide bonds. The number of benzene rings is 1. The third kappa shape index (κ3) is 6.90. The van der Waals surface area contributed by atoms with Crippen molar-refractivity contribution in [1.29, 1.82) is 0 Å². The van der Waals surface area contributed by atoms with Gasteiger partial charge in [-0.1, -0.05) is 32.0 Å². The molecule has 31 heavy (non-hydrogen) atoms. The number of aliphatic hydroxyl groups excluding tert-OH is 1. The summed E-state index contributed by atoms with van der Waals surface area (Å²) >= 11 is 0. The standard InChI is InChI=1S/C21H35BN4O5/c1-14(2)23-8-9-24-16-6-10-26(11-7-16)13-19(27)25-18-12-15-4-3-5-17(21(28)29)20(15)31-22(18)30/h3-5,14,16,18,21,23-24,28-30H,6-13H2,1-2H3,(H,25,27)/t18-/m0/s1. The van der Waals surface area contributed by atoms with Crippen LogP contribution in [0.3, 0.4) is 0 Å². The van der Waals surface area contributed by atoms with E-state index in [1.165, 1.54) is 6.07 Å². The molecule has 9 nitrogen and oxygen atoms in total. The molecule has 1 aromatic rings. The van der Waals surface area contributed by atoms with Gasteiger partial charge in [0.05, 0.1) is 12.5 Å². The number of rotatable bonds is 9. The van der Waals surface area contributed by atoms with E-state index in [4.69, 9.17) is 4.65 Å². The number of likely N-dealkylation sites (tertiary alicyclic amines) is 1. The molecule has 2 heterocycles. The van der Waals surface area contributed by atoms with E-state index in [9.17, 15) is 20.0 Å². The van der Waals surface area contributed by atoms with Crippen LogP contribution in [0, 0.1) is 0 Å². The molecule has 1 atom stereocenters. The van der Waals surface area contributed by atoms with Gasteiger partial charge in [0.15, 0.2) is 6.29 Å². The summed E-state index contributed by atoms with van der Waals surface area (Å²) in [4.78, 5) is 14.7. The minimum atomic E-state index is -1.68. The van der Waals surface area contributed by atoms with E-state index in [0.717, 1.165) is 44.6 Å². The van der Waals surface area contributed by atoms with Gasteiger partial charge in [0.25, 0.3) is 0 Å². The Kier molecular flexibility index (Phi) is 8.71. The number of hydrogen-bond donors (Lipinski definition) is 6. The molecule has 0 aromatic heterocycles. The van der Waals surface area contributed by atoms with Gasteiger partial charge in [-0.15, -0.1) is 0 Å². The van der Waals surface area contributed by atoms with Crippen molar-refractivity contribution in [3.8, 4) is 5.75 Å². The van der Waals surface area contributed by atoms with E-state index in [1.54, 1.807) is 12.1 Å². The average Bonchev–Trinajstić information content (AvgIpc) is 2.72. The van der Waals surface area contributed by atoms with E-state index in [-0.39, 0.29) is 23.8 Å². The van der Waals surface area contributed by atoms with Crippen LogP contribution in [0.25, 0.3) is 0 Å². The van der Waals surface area contributed by atoms with Gasteiger partial charge in [-0.2, -0.15) is 0 Å². The number of nitrogens with zero attached hydrogens (tertiary/aromatic N) is 1. The number of amides is 1. The summed E-state index contributed by atoms with van der Waals surface area (Å²) in [7, 11) is -1.24. The zero-order valence-electron chi connectivity index (χ0n) is 18.4. The Hall–Kier alpha value is -1.69. The Balaban J connectivity index is 1.42. The Bertz CT molecular complexity index is 728. The fourth-order valence-electron chi connectivity index (χ4n) is 4.16. The molecule has 0 bridgehead atoms. The van der Waals surface area contributed by atoms with Crippen molar-refractivity contribution in [1.82, 2.24) is 20.9 Å². The van der Waals surface area contributed by atoms with Crippen molar-refractivity contribution >= 4 is 13.0 Å². The Labute approximate surface area is 184 Å². The van der Waals surface area contributed by atoms with Gasteiger partial charge >= 0.3 is 7.12 Å². The topological polar surface area (TPSA) is 126 Å². The lowest BCUT2D eigenvalue weighted by Gasteiger charge is -2.33. The highest BCUT2D eigenvalue weighted by Gasteiger charge is 2.37. The second kappa shape index (κ2) is 11.3. The molecule has 3 rings (SSSR count). The third-order valence-corrected chi connectivity index (χ3v) is 5.84. The van der Waals surface area contributed by atoms with Crippen LogP contribution < -0.4 is 20.6 Å². The van der Waals surface area contributed by atoms with Crippen molar-refractivity contribution in [2.24, 2.45) is 0 Å². The highest BCUT2D eigenvalue weighted by molar-refractivity contribution is 6.46. The van der Waals surface area contributed by atoms with Gasteiger partial charge < -0.3 is 35.8 Å². The second-order valence-corrected chi connectivity index (χ2v) is 8.71. The van der Waals surface area contributed by atoms with Crippen LogP contribution in [0.15, 0.2) is 18.2 Å². The first-order valence-corrected chi connectivity index (χ1v) is 11.1. The molecule has 1 saturated heterocycles. The molecule has 172 valence electrons. The summed E-state index contributed by atoms with van der Waals surface area (Å²) in [6.07, 6.45) is 0.685. The van der Waals surface area contributed by atoms with Gasteiger partial charge in [0.2, 0.25) is 5.91 Å². The lowest BCUT2D eigenvalue weighted by molar-refractivity contribution is -0.123. The maximum Gasteiger partial charge on any atom is 0.547 e. The lowest BCUT2D eigenvalue weighted by atomic mass is 9.72. The molecule has 2 aliphatic heterocycles. The molecule has 0 unspecified atom stereocenters. The highest BCUT2D eigenvalue weighted by Crippen LogP contribution is 2.32. The molecule has 10 heteroatoms. The summed E-state index contributed by atoms with van der Waals surface area (Å²) in [6, 6.07) is 6.00. The van der Waals surface area contributed by atoms with Gasteiger partial charge in [0, 0.05) is 43.8 Å². The first-order chi connectivity index (χ1) is 14.8. The van der Waals surface area contributed by atoms with Crippen LogP contribution in [0.5, 0.6) is 5.75 Å². The number of piperidine rings is 1. The lowest BCUT2D eigenvalue weighted by Crippen LogP contribution is -2.55. The predicted molar refractivity (Wildman–Crippen MR) is 118 cm³/mol. The Morgan fingerprint density at radius 1 is 1.26 bits per heavy atom. The largest absolute Gasteiger partial charge is 0.547 e. The van der Waals surface area contributed by atoms with Crippen molar-refractivity contribution in [3.05, 3.63) is 29.3 Å². The fraction of sp³-hybridized carbons (Fsp3) is 0.667. The first kappa shape index (κ1) is 24.0. The molecular weight excluding hydrogens is 399 g/mol. The molecule has 1 aromatic carbocycles. The van der Waals surface area contributed by atoms with Gasteiger partial charge in [-0.05, 0) is 24.8 Å². The van der Waals surface area contributed by atoms with Gasteiger partial charge in [0.1, 0.15) is 5.75 Å². The molecule has 2 aliphatic rings. The first-order valence-electron chi connectivity index (χ1n) is 11.1. The van der Waals surface area contributed by atoms with Crippen LogP contribution in [-0.4, -0.2) is 83.9 Å². The maximum absolute atomic E-state index is 12.5. The Morgan fingerprint density at radius 3 is 2.68 bits per heavy atom. The third-order valence-electron chi connectivity index (χ3n) is 5.84. The van der Waals surface area contributed by atoms with Crippen LogP contribution in [0.1, 0.15) is 44.1 Å². The summed E-state index contributed by atoms with van der Waals surface area (Å²) < 4.78 is 5.50. The highest BCUT2D eigenvalue weighted by atomic mass is 16.5. The zero-order valence-corrected chi connectivity index (χ0v) is 18.4. The monoisotopic (exact) mass is 434 g/mol. The molecular formula is C21H35BN4O5. The summed E-state index contributed by atoms with van der Waals surface area (Å²) in [5.74, 6) is -0.464. The number of carbonyl (C=O) groups is 1. The van der Waals surface area contributed by atoms with Crippen molar-refractivity contribution in [2.45, 2.75) is 57.4 Å². The van der Waals surface area contributed by atoms with Crippen LogP contribution >= 0.6 is 0 Å².